The third-order valence-corrected chi connectivity index (χ3v) is 6.29. The van der Waals surface area contributed by atoms with Crippen LogP contribution in [0.1, 0.15) is 63.5 Å². The topological polar surface area (TPSA) is 63.6 Å². The quantitative estimate of drug-likeness (QED) is 0.444. The van der Waals surface area contributed by atoms with Gasteiger partial charge >= 0.3 is 0 Å². The maximum atomic E-state index is 13.3. The van der Waals surface area contributed by atoms with Gasteiger partial charge in [-0.15, -0.1) is 0 Å². The molecule has 6 nitrogen and oxygen atoms in total. The summed E-state index contributed by atoms with van der Waals surface area (Å²) in [4.78, 5) is 20.3. The van der Waals surface area contributed by atoms with E-state index in [9.17, 15) is 4.79 Å². The lowest BCUT2D eigenvalue weighted by Gasteiger charge is -2.22. The average Bonchev–Trinajstić information content (AvgIpc) is 3.23. The molecule has 2 aromatic heterocycles. The van der Waals surface area contributed by atoms with E-state index in [4.69, 9.17) is 9.40 Å². The number of hydrogen-bond acceptors (Lipinski definition) is 5. The Balaban J connectivity index is 1.77. The Morgan fingerprint density at radius 3 is 2.70 bits per heavy atom. The molecule has 0 aliphatic heterocycles. The van der Waals surface area contributed by atoms with Crippen molar-refractivity contribution in [3.63, 3.8) is 0 Å². The van der Waals surface area contributed by atoms with Gasteiger partial charge in [0.05, 0.1) is 17.1 Å². The molecule has 0 saturated heterocycles. The van der Waals surface area contributed by atoms with Gasteiger partial charge in [-0.3, -0.25) is 4.79 Å². The lowest BCUT2D eigenvalue weighted by atomic mass is 9.88. The molecule has 0 atom stereocenters. The van der Waals surface area contributed by atoms with Gasteiger partial charge in [0.15, 0.2) is 5.88 Å². The van der Waals surface area contributed by atoms with Gasteiger partial charge < -0.3 is 9.32 Å². The predicted molar refractivity (Wildman–Crippen MR) is 125 cm³/mol. The molecule has 0 spiro atoms. The summed E-state index contributed by atoms with van der Waals surface area (Å²) in [6.45, 7) is 5.92. The minimum atomic E-state index is -0.145. The van der Waals surface area contributed by atoms with Gasteiger partial charge in [0.1, 0.15) is 11.6 Å². The summed E-state index contributed by atoms with van der Waals surface area (Å²) in [6, 6.07) is 9.45. The van der Waals surface area contributed by atoms with Gasteiger partial charge in [0.25, 0.3) is 5.56 Å². The van der Waals surface area contributed by atoms with Crippen LogP contribution in [0.4, 0.5) is 5.88 Å². The predicted octanol–water partition coefficient (Wildman–Crippen LogP) is 5.53. The molecule has 0 N–H and O–H groups in total. The first kappa shape index (κ1) is 20.8. The second-order valence-electron chi connectivity index (χ2n) is 7.68. The fourth-order valence-corrected chi connectivity index (χ4v) is 4.50. The van der Waals surface area contributed by atoms with Crippen molar-refractivity contribution in [2.24, 2.45) is 5.10 Å². The van der Waals surface area contributed by atoms with Crippen LogP contribution in [0.25, 0.3) is 10.9 Å². The first-order chi connectivity index (χ1) is 14.6. The summed E-state index contributed by atoms with van der Waals surface area (Å²) < 4.78 is 8.24. The Bertz CT molecular complexity index is 1110. The molecule has 0 unspecified atom stereocenters. The molecule has 30 heavy (non-hydrogen) atoms. The first-order valence-electron chi connectivity index (χ1n) is 10.7. The van der Waals surface area contributed by atoms with E-state index >= 15 is 0 Å². The van der Waals surface area contributed by atoms with Crippen molar-refractivity contribution >= 4 is 38.9 Å². The Morgan fingerprint density at radius 1 is 1.20 bits per heavy atom. The van der Waals surface area contributed by atoms with Crippen molar-refractivity contribution in [2.45, 2.75) is 51.9 Å². The van der Waals surface area contributed by atoms with Crippen LogP contribution in [0.15, 0.2) is 49.1 Å². The first-order valence-corrected chi connectivity index (χ1v) is 11.5. The number of hydrogen-bond donors (Lipinski definition) is 0. The number of benzene rings is 1. The molecule has 3 aromatic rings. The zero-order valence-corrected chi connectivity index (χ0v) is 19.1. The number of halogens is 1. The molecule has 0 amide bonds. The van der Waals surface area contributed by atoms with Crippen molar-refractivity contribution in [2.75, 3.05) is 18.0 Å². The SMILES string of the molecule is CCN(CC)c1ccc(C=Nn2c(C3CCCCC3)nc3ccc(Br)cc3c2=O)o1. The monoisotopic (exact) mass is 470 g/mol. The van der Waals surface area contributed by atoms with Crippen molar-refractivity contribution in [1.29, 1.82) is 0 Å². The van der Waals surface area contributed by atoms with Crippen molar-refractivity contribution in [1.82, 2.24) is 9.66 Å². The third-order valence-electron chi connectivity index (χ3n) is 5.79. The number of nitrogens with zero attached hydrogens (tertiary/aromatic N) is 4. The molecule has 1 aromatic carbocycles. The van der Waals surface area contributed by atoms with Gasteiger partial charge in [0, 0.05) is 29.5 Å². The Kier molecular flexibility index (Phi) is 6.37. The van der Waals surface area contributed by atoms with Crippen LogP contribution in [0, 0.1) is 0 Å². The van der Waals surface area contributed by atoms with Crippen LogP contribution in [0.2, 0.25) is 0 Å². The molecular formula is C23H27BrN4O2. The number of rotatable bonds is 6. The van der Waals surface area contributed by atoms with E-state index in [1.807, 2.05) is 30.3 Å². The molecule has 7 heteroatoms. The fraction of sp³-hybridized carbons (Fsp3) is 0.435. The minimum Gasteiger partial charge on any atom is -0.440 e. The van der Waals surface area contributed by atoms with Crippen molar-refractivity contribution < 1.29 is 4.42 Å². The molecule has 0 bridgehead atoms. The molecular weight excluding hydrogens is 444 g/mol. The zero-order valence-electron chi connectivity index (χ0n) is 17.5. The van der Waals surface area contributed by atoms with Gasteiger partial charge in [-0.25, -0.2) is 4.98 Å². The summed E-state index contributed by atoms with van der Waals surface area (Å²) in [5.74, 6) is 2.43. The highest BCUT2D eigenvalue weighted by molar-refractivity contribution is 9.10. The van der Waals surface area contributed by atoms with Crippen LogP contribution < -0.4 is 10.5 Å². The summed E-state index contributed by atoms with van der Waals surface area (Å²) in [5, 5.41) is 5.10. The van der Waals surface area contributed by atoms with Crippen LogP contribution in [0.3, 0.4) is 0 Å². The smallest absolute Gasteiger partial charge is 0.282 e. The van der Waals surface area contributed by atoms with E-state index in [1.54, 1.807) is 6.21 Å². The lowest BCUT2D eigenvalue weighted by molar-refractivity contribution is 0.416. The van der Waals surface area contributed by atoms with Crippen LogP contribution in [-0.4, -0.2) is 29.0 Å². The number of furan rings is 1. The molecule has 4 rings (SSSR count). The van der Waals surface area contributed by atoms with E-state index in [0.29, 0.717) is 11.1 Å². The molecule has 0 radical (unpaired) electrons. The van der Waals surface area contributed by atoms with Crippen molar-refractivity contribution in [3.05, 3.63) is 56.7 Å². The number of fused-ring (bicyclic) bond motifs is 1. The normalized spacial score (nSPS) is 15.3. The molecule has 158 valence electrons. The number of aromatic nitrogens is 2. The standard InChI is InChI=1S/C23H27BrN4O2/c1-3-27(4-2)21-13-11-18(30-21)15-25-28-22(16-8-6-5-7-9-16)26-20-12-10-17(24)14-19(20)23(28)29/h10-16H,3-9H2,1-2H3. The summed E-state index contributed by atoms with van der Waals surface area (Å²) in [5.41, 5.74) is 0.575. The Labute approximate surface area is 184 Å². The second kappa shape index (κ2) is 9.16. The van der Waals surface area contributed by atoms with E-state index in [-0.39, 0.29) is 11.5 Å². The highest BCUT2D eigenvalue weighted by Gasteiger charge is 2.22. The van der Waals surface area contributed by atoms with Crippen molar-refractivity contribution in [3.8, 4) is 0 Å². The molecule has 2 heterocycles. The molecule has 1 saturated carbocycles. The lowest BCUT2D eigenvalue weighted by Crippen LogP contribution is -2.25. The average molecular weight is 471 g/mol. The van der Waals surface area contributed by atoms with Crippen LogP contribution in [0.5, 0.6) is 0 Å². The Hall–Kier alpha value is -2.41. The zero-order chi connectivity index (χ0) is 21.1. The maximum absolute atomic E-state index is 13.3. The molecule has 1 aliphatic carbocycles. The highest BCUT2D eigenvalue weighted by Crippen LogP contribution is 2.32. The third kappa shape index (κ3) is 4.21. The van der Waals surface area contributed by atoms with Gasteiger partial charge in [-0.05, 0) is 51.0 Å². The van der Waals surface area contributed by atoms with E-state index < -0.39 is 0 Å². The summed E-state index contributed by atoms with van der Waals surface area (Å²) >= 11 is 3.46. The molecule has 1 fully saturated rings. The maximum Gasteiger partial charge on any atom is 0.282 e. The summed E-state index contributed by atoms with van der Waals surface area (Å²) in [6.07, 6.45) is 7.26. The molecule has 1 aliphatic rings. The van der Waals surface area contributed by atoms with E-state index in [2.05, 4.69) is 39.8 Å². The second-order valence-corrected chi connectivity index (χ2v) is 8.59. The highest BCUT2D eigenvalue weighted by atomic mass is 79.9. The van der Waals surface area contributed by atoms with Gasteiger partial charge in [-0.1, -0.05) is 35.2 Å². The summed E-state index contributed by atoms with van der Waals surface area (Å²) in [7, 11) is 0. The largest absolute Gasteiger partial charge is 0.440 e. The van der Waals surface area contributed by atoms with Crippen LogP contribution >= 0.6 is 15.9 Å². The van der Waals surface area contributed by atoms with E-state index in [0.717, 1.165) is 60.5 Å². The van der Waals surface area contributed by atoms with Crippen LogP contribution in [-0.2, 0) is 0 Å². The van der Waals surface area contributed by atoms with Gasteiger partial charge in [-0.2, -0.15) is 9.78 Å². The fourth-order valence-electron chi connectivity index (χ4n) is 4.13. The van der Waals surface area contributed by atoms with Gasteiger partial charge in [0.2, 0.25) is 0 Å². The minimum absolute atomic E-state index is 0.145. The number of anilines is 1. The van der Waals surface area contributed by atoms with E-state index in [1.165, 1.54) is 11.1 Å². The Morgan fingerprint density at radius 2 is 1.97 bits per heavy atom.